The molecule has 3 heterocycles. The molecule has 0 unspecified atom stereocenters. The van der Waals surface area contributed by atoms with Gasteiger partial charge in [0.15, 0.2) is 0 Å². The van der Waals surface area contributed by atoms with E-state index in [4.69, 9.17) is 11.6 Å². The predicted octanol–water partition coefficient (Wildman–Crippen LogP) is 5.33. The summed E-state index contributed by atoms with van der Waals surface area (Å²) in [6.07, 6.45) is 11.0. The minimum Gasteiger partial charge on any atom is -0.344 e. The molecule has 0 atom stereocenters. The van der Waals surface area contributed by atoms with Gasteiger partial charge in [-0.05, 0) is 72.2 Å². The molecular weight excluding hydrogens is 382 g/mol. The van der Waals surface area contributed by atoms with E-state index in [0.29, 0.717) is 6.54 Å². The molecule has 1 amide bonds. The Morgan fingerprint density at radius 1 is 1.21 bits per heavy atom. The van der Waals surface area contributed by atoms with Gasteiger partial charge in [0, 0.05) is 36.1 Å². The van der Waals surface area contributed by atoms with E-state index in [0.717, 1.165) is 65.5 Å². The molecule has 1 aromatic heterocycles. The summed E-state index contributed by atoms with van der Waals surface area (Å²) in [7, 11) is 0. The number of hydrogen-bond acceptors (Lipinski definition) is 3. The van der Waals surface area contributed by atoms with Gasteiger partial charge in [0.1, 0.15) is 5.82 Å². The maximum Gasteiger partial charge on any atom is 0.246 e. The lowest BCUT2D eigenvalue weighted by Crippen LogP contribution is -2.30. The number of nitrogens with zero attached hydrogens (tertiary/aromatic N) is 2. The summed E-state index contributed by atoms with van der Waals surface area (Å²) in [5, 5.41) is 3.95. The number of pyridine rings is 1. The quantitative estimate of drug-likeness (QED) is 0.702. The summed E-state index contributed by atoms with van der Waals surface area (Å²) < 4.78 is 0. The van der Waals surface area contributed by atoms with Crippen molar-refractivity contribution in [3.05, 3.63) is 82.7 Å². The fourth-order valence-corrected chi connectivity index (χ4v) is 3.94. The molecule has 0 fully saturated rings. The van der Waals surface area contributed by atoms with Crippen molar-refractivity contribution in [3.8, 4) is 0 Å². The molecule has 148 valence electrons. The molecule has 0 bridgehead atoms. The zero-order chi connectivity index (χ0) is 20.2. The Kier molecular flexibility index (Phi) is 5.81. The molecule has 5 heteroatoms. The highest BCUT2D eigenvalue weighted by Crippen LogP contribution is 2.26. The summed E-state index contributed by atoms with van der Waals surface area (Å²) in [4.78, 5) is 19.1. The number of rotatable bonds is 3. The lowest BCUT2D eigenvalue weighted by molar-refractivity contribution is -0.125. The fourth-order valence-electron chi connectivity index (χ4n) is 3.75. The molecular formula is C24H24ClN3O. The van der Waals surface area contributed by atoms with Crippen molar-refractivity contribution >= 4 is 35.0 Å². The van der Waals surface area contributed by atoms with Crippen LogP contribution >= 0.6 is 11.6 Å². The van der Waals surface area contributed by atoms with Crippen molar-refractivity contribution in [2.24, 2.45) is 0 Å². The van der Waals surface area contributed by atoms with Crippen molar-refractivity contribution in [2.45, 2.75) is 25.7 Å². The number of carbonyl (C=O) groups is 1. The van der Waals surface area contributed by atoms with Gasteiger partial charge in [-0.15, -0.1) is 0 Å². The maximum absolute atomic E-state index is 12.7. The molecule has 0 spiro atoms. The number of amides is 1. The third kappa shape index (κ3) is 4.77. The van der Waals surface area contributed by atoms with Crippen molar-refractivity contribution in [1.82, 2.24) is 9.88 Å². The van der Waals surface area contributed by atoms with Gasteiger partial charge in [0.05, 0.1) is 0 Å². The zero-order valence-corrected chi connectivity index (χ0v) is 17.1. The molecule has 1 aromatic carbocycles. The molecule has 1 N–H and O–H groups in total. The van der Waals surface area contributed by atoms with Crippen LogP contribution in [0.1, 0.15) is 36.0 Å². The van der Waals surface area contributed by atoms with E-state index in [1.54, 1.807) is 12.3 Å². The lowest BCUT2D eigenvalue weighted by atomic mass is 10.0. The van der Waals surface area contributed by atoms with Crippen LogP contribution in [-0.2, 0) is 11.2 Å². The molecule has 4 rings (SSSR count). The van der Waals surface area contributed by atoms with E-state index >= 15 is 0 Å². The first-order chi connectivity index (χ1) is 14.1. The molecule has 2 aromatic rings. The van der Waals surface area contributed by atoms with Gasteiger partial charge in [-0.3, -0.25) is 4.79 Å². The Morgan fingerprint density at radius 3 is 2.97 bits per heavy atom. The first-order valence-electron chi connectivity index (χ1n) is 9.94. The second-order valence-electron chi connectivity index (χ2n) is 7.44. The number of halogens is 1. The van der Waals surface area contributed by atoms with Crippen molar-refractivity contribution in [1.29, 1.82) is 0 Å². The van der Waals surface area contributed by atoms with Crippen LogP contribution < -0.4 is 5.32 Å². The first-order valence-corrected chi connectivity index (χ1v) is 10.3. The highest BCUT2D eigenvalue weighted by molar-refractivity contribution is 6.30. The highest BCUT2D eigenvalue weighted by Gasteiger charge is 2.16. The Bertz CT molecular complexity index is 1010. The van der Waals surface area contributed by atoms with Crippen LogP contribution in [0.5, 0.6) is 0 Å². The normalized spacial score (nSPS) is 16.8. The third-order valence-electron chi connectivity index (χ3n) is 5.35. The van der Waals surface area contributed by atoms with Gasteiger partial charge < -0.3 is 10.2 Å². The van der Waals surface area contributed by atoms with Gasteiger partial charge in [-0.1, -0.05) is 36.4 Å². The smallest absolute Gasteiger partial charge is 0.246 e. The van der Waals surface area contributed by atoms with E-state index in [-0.39, 0.29) is 5.91 Å². The number of fused-ring (bicyclic) bond motifs is 1. The summed E-state index contributed by atoms with van der Waals surface area (Å²) in [6, 6.07) is 9.99. The number of nitrogens with one attached hydrogen (secondary N) is 1. The van der Waals surface area contributed by atoms with Crippen molar-refractivity contribution in [2.75, 3.05) is 18.4 Å². The average Bonchev–Trinajstić information content (AvgIpc) is 2.98. The average molecular weight is 406 g/mol. The molecule has 0 saturated carbocycles. The maximum atomic E-state index is 12.7. The number of aromatic nitrogens is 1. The van der Waals surface area contributed by atoms with Crippen LogP contribution in [0.3, 0.4) is 0 Å². The second kappa shape index (κ2) is 8.66. The Hall–Kier alpha value is -2.85. The standard InChI is InChI=1S/C24H24ClN3O/c1-17-7-9-21-14-18(16-26-24(21)27-17)8-10-23(29)28-12-3-5-19(11-13-28)20-4-2-6-22(25)15-20/h2,4-6,8,10,14-16H,1,3,7,9,11-13H2,(H,26,27)/b10-8+. The molecule has 0 aliphatic carbocycles. The number of benzene rings is 1. The van der Waals surface area contributed by atoms with Crippen LogP contribution in [0.25, 0.3) is 11.6 Å². The fraction of sp³-hybridized carbons (Fsp3) is 0.250. The number of allylic oxidation sites excluding steroid dienone is 1. The van der Waals surface area contributed by atoms with E-state index in [1.807, 2.05) is 29.2 Å². The predicted molar refractivity (Wildman–Crippen MR) is 120 cm³/mol. The lowest BCUT2D eigenvalue weighted by Gasteiger charge is -2.19. The van der Waals surface area contributed by atoms with Crippen molar-refractivity contribution in [3.63, 3.8) is 0 Å². The molecule has 0 radical (unpaired) electrons. The summed E-state index contributed by atoms with van der Waals surface area (Å²) >= 11 is 6.12. The van der Waals surface area contributed by atoms with Crippen LogP contribution in [0.15, 0.2) is 61.0 Å². The van der Waals surface area contributed by atoms with E-state index < -0.39 is 0 Å². The number of hydrogen-bond donors (Lipinski definition) is 1. The summed E-state index contributed by atoms with van der Waals surface area (Å²) in [5.41, 5.74) is 5.49. The minimum atomic E-state index is 0.0370. The molecule has 0 saturated heterocycles. The number of carbonyl (C=O) groups excluding carboxylic acids is 1. The summed E-state index contributed by atoms with van der Waals surface area (Å²) in [6.45, 7) is 5.39. The SMILES string of the molecule is C=C1CCc2cc(/C=C/C(=O)N3CCC=C(c4cccc(Cl)c4)CC3)cnc2N1. The Balaban J connectivity index is 1.39. The van der Waals surface area contributed by atoms with Gasteiger partial charge in [-0.25, -0.2) is 4.98 Å². The Morgan fingerprint density at radius 2 is 2.10 bits per heavy atom. The molecule has 29 heavy (non-hydrogen) atoms. The number of anilines is 1. The second-order valence-corrected chi connectivity index (χ2v) is 7.88. The van der Waals surface area contributed by atoms with Gasteiger partial charge in [0.25, 0.3) is 0 Å². The molecule has 4 nitrogen and oxygen atoms in total. The van der Waals surface area contributed by atoms with Crippen LogP contribution in [0.4, 0.5) is 5.82 Å². The zero-order valence-electron chi connectivity index (χ0n) is 16.3. The van der Waals surface area contributed by atoms with E-state index in [1.165, 1.54) is 5.57 Å². The van der Waals surface area contributed by atoms with Crippen LogP contribution in [0.2, 0.25) is 5.02 Å². The number of aryl methyl sites for hydroxylation is 1. The molecule has 2 aliphatic rings. The van der Waals surface area contributed by atoms with E-state index in [2.05, 4.69) is 35.1 Å². The van der Waals surface area contributed by atoms with Gasteiger partial charge in [0.2, 0.25) is 5.91 Å². The van der Waals surface area contributed by atoms with Crippen molar-refractivity contribution < 1.29 is 4.79 Å². The molecule has 2 aliphatic heterocycles. The topological polar surface area (TPSA) is 45.2 Å². The Labute approximate surface area is 176 Å². The van der Waals surface area contributed by atoms with Crippen LogP contribution in [-0.4, -0.2) is 28.9 Å². The van der Waals surface area contributed by atoms with Crippen LogP contribution in [0, 0.1) is 0 Å². The third-order valence-corrected chi connectivity index (χ3v) is 5.58. The monoisotopic (exact) mass is 405 g/mol. The largest absolute Gasteiger partial charge is 0.344 e. The van der Waals surface area contributed by atoms with Gasteiger partial charge >= 0.3 is 0 Å². The van der Waals surface area contributed by atoms with Gasteiger partial charge in [-0.2, -0.15) is 0 Å². The minimum absolute atomic E-state index is 0.0370. The van der Waals surface area contributed by atoms with E-state index in [9.17, 15) is 4.79 Å². The first kappa shape index (κ1) is 19.5. The highest BCUT2D eigenvalue weighted by atomic mass is 35.5. The summed E-state index contributed by atoms with van der Waals surface area (Å²) in [5.74, 6) is 0.909.